The third kappa shape index (κ3) is 2.91. The van der Waals surface area contributed by atoms with Crippen LogP contribution < -0.4 is 5.73 Å². The van der Waals surface area contributed by atoms with Gasteiger partial charge in [-0.2, -0.15) is 11.8 Å². The van der Waals surface area contributed by atoms with Gasteiger partial charge < -0.3 is 5.73 Å². The molecule has 0 saturated carbocycles. The van der Waals surface area contributed by atoms with Gasteiger partial charge in [0.05, 0.1) is 0 Å². The van der Waals surface area contributed by atoms with Crippen molar-refractivity contribution in [2.45, 2.75) is 19.3 Å². The van der Waals surface area contributed by atoms with E-state index in [0.717, 1.165) is 22.5 Å². The molecule has 1 nitrogen and oxygen atoms in total. The number of nitrogens with two attached hydrogens (primary N) is 1. The molecule has 1 aliphatic heterocycles. The minimum Gasteiger partial charge on any atom is -0.398 e. The van der Waals surface area contributed by atoms with Crippen LogP contribution in [0.5, 0.6) is 0 Å². The Bertz CT molecular complexity index is 334. The Balaban J connectivity index is 2.06. The Morgan fingerprint density at radius 3 is 2.80 bits per heavy atom. The maximum atomic E-state index is 6.05. The van der Waals surface area contributed by atoms with E-state index in [2.05, 4.69) is 39.8 Å². The number of nitrogen functional groups attached to an aromatic ring is 1. The van der Waals surface area contributed by atoms with Crippen LogP contribution in [0, 0.1) is 5.92 Å². The van der Waals surface area contributed by atoms with Crippen LogP contribution in [0.1, 0.15) is 18.4 Å². The number of anilines is 1. The highest BCUT2D eigenvalue weighted by atomic mass is 79.9. The van der Waals surface area contributed by atoms with E-state index in [-0.39, 0.29) is 0 Å². The first-order valence-electron chi connectivity index (χ1n) is 5.38. The molecule has 1 aromatic rings. The van der Waals surface area contributed by atoms with Gasteiger partial charge in [-0.25, -0.2) is 0 Å². The average molecular weight is 286 g/mol. The lowest BCUT2D eigenvalue weighted by Crippen LogP contribution is -2.13. The van der Waals surface area contributed by atoms with Gasteiger partial charge in [0, 0.05) is 10.2 Å². The van der Waals surface area contributed by atoms with Crippen molar-refractivity contribution >= 4 is 33.4 Å². The molecule has 0 radical (unpaired) electrons. The third-order valence-electron chi connectivity index (χ3n) is 2.99. The molecule has 1 saturated heterocycles. The van der Waals surface area contributed by atoms with Crippen LogP contribution in [0.2, 0.25) is 0 Å². The second-order valence-electron chi connectivity index (χ2n) is 4.07. The molecule has 2 N–H and O–H groups in total. The van der Waals surface area contributed by atoms with Crippen LogP contribution >= 0.6 is 27.7 Å². The van der Waals surface area contributed by atoms with Gasteiger partial charge in [-0.15, -0.1) is 0 Å². The highest BCUT2D eigenvalue weighted by Crippen LogP contribution is 2.30. The maximum Gasteiger partial charge on any atom is 0.0491 e. The molecule has 0 aliphatic carbocycles. The Morgan fingerprint density at radius 1 is 1.33 bits per heavy atom. The summed E-state index contributed by atoms with van der Waals surface area (Å²) in [4.78, 5) is 0. The highest BCUT2D eigenvalue weighted by Gasteiger charge is 2.15. The Labute approximate surface area is 104 Å². The van der Waals surface area contributed by atoms with E-state index in [4.69, 9.17) is 5.73 Å². The van der Waals surface area contributed by atoms with Gasteiger partial charge in [0.2, 0.25) is 0 Å². The second kappa shape index (κ2) is 5.26. The molecule has 0 bridgehead atoms. The molecule has 1 aliphatic rings. The molecule has 1 fully saturated rings. The second-order valence-corrected chi connectivity index (χ2v) is 6.15. The SMILES string of the molecule is Nc1c(Br)cccc1CC1CCSCC1. The standard InChI is InChI=1S/C12H16BrNS/c13-11-3-1-2-10(12(11)14)8-9-4-6-15-7-5-9/h1-3,9H,4-8,14H2. The van der Waals surface area contributed by atoms with Gasteiger partial charge in [-0.3, -0.25) is 0 Å². The zero-order valence-corrected chi connectivity index (χ0v) is 11.1. The quantitative estimate of drug-likeness (QED) is 0.839. The minimum absolute atomic E-state index is 0.836. The third-order valence-corrected chi connectivity index (χ3v) is 4.73. The Hall–Kier alpha value is -0.150. The molecular weight excluding hydrogens is 270 g/mol. The summed E-state index contributed by atoms with van der Waals surface area (Å²) >= 11 is 5.56. The molecule has 0 unspecified atom stereocenters. The number of hydrogen-bond donors (Lipinski definition) is 1. The van der Waals surface area contributed by atoms with Crippen molar-refractivity contribution in [3.05, 3.63) is 28.2 Å². The fourth-order valence-electron chi connectivity index (χ4n) is 2.02. The van der Waals surface area contributed by atoms with Crippen LogP contribution in [-0.2, 0) is 6.42 Å². The fourth-order valence-corrected chi connectivity index (χ4v) is 3.63. The Morgan fingerprint density at radius 2 is 2.07 bits per heavy atom. The molecule has 2 rings (SSSR count). The van der Waals surface area contributed by atoms with E-state index in [1.165, 1.54) is 29.9 Å². The van der Waals surface area contributed by atoms with Crippen LogP contribution in [0.25, 0.3) is 0 Å². The normalized spacial score (nSPS) is 17.9. The number of rotatable bonds is 2. The highest BCUT2D eigenvalue weighted by molar-refractivity contribution is 9.10. The van der Waals surface area contributed by atoms with Gasteiger partial charge in [0.1, 0.15) is 0 Å². The number of halogens is 1. The van der Waals surface area contributed by atoms with E-state index in [1.54, 1.807) is 0 Å². The first-order chi connectivity index (χ1) is 7.27. The van der Waals surface area contributed by atoms with Crippen LogP contribution in [-0.4, -0.2) is 11.5 Å². The summed E-state index contributed by atoms with van der Waals surface area (Å²) in [5.74, 6) is 3.47. The van der Waals surface area contributed by atoms with Gasteiger partial charge >= 0.3 is 0 Å². The van der Waals surface area contributed by atoms with Crippen LogP contribution in [0.3, 0.4) is 0 Å². The van der Waals surface area contributed by atoms with E-state index >= 15 is 0 Å². The number of thioether (sulfide) groups is 1. The summed E-state index contributed by atoms with van der Waals surface area (Å²) in [7, 11) is 0. The predicted molar refractivity (Wildman–Crippen MR) is 72.3 cm³/mol. The molecule has 1 heterocycles. The minimum atomic E-state index is 0.836. The molecule has 15 heavy (non-hydrogen) atoms. The summed E-state index contributed by atoms with van der Waals surface area (Å²) in [6.07, 6.45) is 3.83. The lowest BCUT2D eigenvalue weighted by atomic mass is 9.93. The van der Waals surface area contributed by atoms with Crippen molar-refractivity contribution in [3.8, 4) is 0 Å². The fraction of sp³-hybridized carbons (Fsp3) is 0.500. The zero-order valence-electron chi connectivity index (χ0n) is 8.71. The van der Waals surface area contributed by atoms with Crippen molar-refractivity contribution in [2.75, 3.05) is 17.2 Å². The molecule has 3 heteroatoms. The molecule has 0 spiro atoms. The lowest BCUT2D eigenvalue weighted by molar-refractivity contribution is 0.488. The number of hydrogen-bond acceptors (Lipinski definition) is 2. The lowest BCUT2D eigenvalue weighted by Gasteiger charge is -2.22. The van der Waals surface area contributed by atoms with Gasteiger partial charge in [-0.1, -0.05) is 12.1 Å². The van der Waals surface area contributed by atoms with Gasteiger partial charge in [0.15, 0.2) is 0 Å². The average Bonchev–Trinajstić information content (AvgIpc) is 2.26. The van der Waals surface area contributed by atoms with E-state index in [1.807, 2.05) is 6.07 Å². The smallest absolute Gasteiger partial charge is 0.0491 e. The number of benzene rings is 1. The summed E-state index contributed by atoms with van der Waals surface area (Å²) in [5.41, 5.74) is 8.28. The Kier molecular flexibility index (Phi) is 3.98. The maximum absolute atomic E-state index is 6.05. The van der Waals surface area contributed by atoms with Gasteiger partial charge in [0.25, 0.3) is 0 Å². The van der Waals surface area contributed by atoms with Crippen molar-refractivity contribution in [3.63, 3.8) is 0 Å². The first kappa shape index (κ1) is 11.3. The summed E-state index contributed by atoms with van der Waals surface area (Å²) in [6.45, 7) is 0. The first-order valence-corrected chi connectivity index (χ1v) is 7.33. The van der Waals surface area contributed by atoms with Crippen molar-refractivity contribution in [2.24, 2.45) is 5.92 Å². The van der Waals surface area contributed by atoms with E-state index < -0.39 is 0 Å². The summed E-state index contributed by atoms with van der Waals surface area (Å²) in [5, 5.41) is 0. The molecule has 1 aromatic carbocycles. The van der Waals surface area contributed by atoms with Crippen molar-refractivity contribution < 1.29 is 0 Å². The van der Waals surface area contributed by atoms with Crippen molar-refractivity contribution in [1.82, 2.24) is 0 Å². The molecule has 0 aromatic heterocycles. The predicted octanol–water partition coefficient (Wildman–Crippen LogP) is 3.72. The van der Waals surface area contributed by atoms with Gasteiger partial charge in [-0.05, 0) is 64.2 Å². The number of para-hydroxylation sites is 1. The van der Waals surface area contributed by atoms with E-state index in [0.29, 0.717) is 0 Å². The molecular formula is C12H16BrNS. The summed E-state index contributed by atoms with van der Waals surface area (Å²) < 4.78 is 1.03. The summed E-state index contributed by atoms with van der Waals surface area (Å²) in [6, 6.07) is 6.24. The molecule has 82 valence electrons. The molecule has 0 amide bonds. The molecule has 0 atom stereocenters. The monoisotopic (exact) mass is 285 g/mol. The van der Waals surface area contributed by atoms with Crippen LogP contribution in [0.15, 0.2) is 22.7 Å². The topological polar surface area (TPSA) is 26.0 Å². The van der Waals surface area contributed by atoms with E-state index in [9.17, 15) is 0 Å². The van der Waals surface area contributed by atoms with Crippen LogP contribution in [0.4, 0.5) is 5.69 Å². The zero-order chi connectivity index (χ0) is 10.7. The van der Waals surface area contributed by atoms with Crippen molar-refractivity contribution in [1.29, 1.82) is 0 Å². The largest absolute Gasteiger partial charge is 0.398 e.